The number of nitrogens with one attached hydrogen (secondary N) is 1. The van der Waals surface area contributed by atoms with Crippen LogP contribution in [0.3, 0.4) is 0 Å². The van der Waals surface area contributed by atoms with Crippen LogP contribution < -0.4 is 5.32 Å². The van der Waals surface area contributed by atoms with Crippen LogP contribution in [0.1, 0.15) is 18.6 Å². The van der Waals surface area contributed by atoms with E-state index in [9.17, 15) is 14.9 Å². The molecule has 24 heavy (non-hydrogen) atoms. The highest BCUT2D eigenvalue weighted by molar-refractivity contribution is 7.07. The summed E-state index contributed by atoms with van der Waals surface area (Å²) in [6, 6.07) is 7.61. The Morgan fingerprint density at radius 2 is 2.25 bits per heavy atom. The lowest BCUT2D eigenvalue weighted by atomic mass is 10.1. The van der Waals surface area contributed by atoms with Crippen LogP contribution in [-0.2, 0) is 4.74 Å². The Hall–Kier alpha value is -2.45. The highest BCUT2D eigenvalue weighted by atomic mass is 32.1. The molecule has 0 radical (unpaired) electrons. The number of anilines is 1. The zero-order chi connectivity index (χ0) is 17.1. The van der Waals surface area contributed by atoms with Gasteiger partial charge in [0.1, 0.15) is 6.10 Å². The van der Waals surface area contributed by atoms with E-state index in [0.29, 0.717) is 18.8 Å². The molecule has 1 aromatic carbocycles. The fraction of sp³-hybridized carbons (Fsp3) is 0.312. The lowest BCUT2D eigenvalue weighted by Gasteiger charge is -2.36. The van der Waals surface area contributed by atoms with Gasteiger partial charge in [-0.2, -0.15) is 11.3 Å². The SMILES string of the molecule is C[C@@H]1CN(C(=O)Nc2cccc([N+](=O)[O-])c2)C[C@H](c2ccsc2)O1. The molecule has 0 unspecified atom stereocenters. The molecule has 126 valence electrons. The highest BCUT2D eigenvalue weighted by Crippen LogP contribution is 2.27. The van der Waals surface area contributed by atoms with E-state index in [0.717, 1.165) is 5.56 Å². The largest absolute Gasteiger partial charge is 0.367 e. The van der Waals surface area contributed by atoms with Crippen molar-refractivity contribution in [3.63, 3.8) is 0 Å². The second kappa shape index (κ2) is 6.98. The van der Waals surface area contributed by atoms with Crippen molar-refractivity contribution in [3.05, 3.63) is 56.8 Å². The maximum atomic E-state index is 12.5. The Morgan fingerprint density at radius 3 is 2.96 bits per heavy atom. The molecule has 1 aliphatic heterocycles. The van der Waals surface area contributed by atoms with Gasteiger partial charge in [-0.15, -0.1) is 0 Å². The Kier molecular flexibility index (Phi) is 4.77. The van der Waals surface area contributed by atoms with Crippen LogP contribution in [0.15, 0.2) is 41.1 Å². The number of amides is 2. The van der Waals surface area contributed by atoms with Crippen LogP contribution in [0.25, 0.3) is 0 Å². The van der Waals surface area contributed by atoms with Gasteiger partial charge in [0.25, 0.3) is 5.69 Å². The number of carbonyl (C=O) groups excluding carboxylic acids is 1. The molecular formula is C16H17N3O4S. The van der Waals surface area contributed by atoms with Crippen molar-refractivity contribution in [2.24, 2.45) is 0 Å². The number of hydrogen-bond acceptors (Lipinski definition) is 5. The molecule has 8 heteroatoms. The molecule has 0 aliphatic carbocycles. The first-order valence-electron chi connectivity index (χ1n) is 7.51. The second-order valence-electron chi connectivity index (χ2n) is 5.63. The molecule has 2 atom stereocenters. The average molecular weight is 347 g/mol. The lowest BCUT2D eigenvalue weighted by molar-refractivity contribution is -0.384. The van der Waals surface area contributed by atoms with E-state index in [4.69, 9.17) is 4.74 Å². The standard InChI is InChI=1S/C16H17N3O4S/c1-11-8-18(9-15(23-11)12-5-6-24-10-12)16(20)17-13-3-2-4-14(7-13)19(21)22/h2-7,10-11,15H,8-9H2,1H3,(H,17,20)/t11-,15-/m1/s1. The number of carbonyl (C=O) groups is 1. The summed E-state index contributed by atoms with van der Waals surface area (Å²) in [5.41, 5.74) is 1.40. The predicted octanol–water partition coefficient (Wildman–Crippen LogP) is 3.65. The summed E-state index contributed by atoms with van der Waals surface area (Å²) >= 11 is 1.59. The van der Waals surface area contributed by atoms with Gasteiger partial charge in [-0.25, -0.2) is 4.79 Å². The molecule has 0 spiro atoms. The zero-order valence-corrected chi connectivity index (χ0v) is 13.9. The number of non-ortho nitro benzene ring substituents is 1. The average Bonchev–Trinajstić information content (AvgIpc) is 3.09. The molecule has 1 N–H and O–H groups in total. The molecule has 2 heterocycles. The molecule has 0 bridgehead atoms. The Balaban J connectivity index is 1.70. The normalized spacial score (nSPS) is 20.6. The van der Waals surface area contributed by atoms with E-state index < -0.39 is 4.92 Å². The maximum Gasteiger partial charge on any atom is 0.322 e. The van der Waals surface area contributed by atoms with Crippen molar-refractivity contribution in [2.45, 2.75) is 19.1 Å². The summed E-state index contributed by atoms with van der Waals surface area (Å²) in [5, 5.41) is 17.5. The van der Waals surface area contributed by atoms with Crippen LogP contribution >= 0.6 is 11.3 Å². The van der Waals surface area contributed by atoms with Gasteiger partial charge in [-0.3, -0.25) is 10.1 Å². The Bertz CT molecular complexity index is 735. The molecule has 1 aromatic heterocycles. The summed E-state index contributed by atoms with van der Waals surface area (Å²) in [6.07, 6.45) is -0.240. The van der Waals surface area contributed by atoms with E-state index in [-0.39, 0.29) is 23.9 Å². The molecular weight excluding hydrogens is 330 g/mol. The van der Waals surface area contributed by atoms with Crippen molar-refractivity contribution in [1.29, 1.82) is 0 Å². The molecule has 3 rings (SSSR count). The number of nitrogens with zero attached hydrogens (tertiary/aromatic N) is 2. The minimum Gasteiger partial charge on any atom is -0.367 e. The summed E-state index contributed by atoms with van der Waals surface area (Å²) < 4.78 is 5.91. The Labute approximate surface area is 143 Å². The molecule has 0 saturated carbocycles. The third kappa shape index (κ3) is 3.72. The highest BCUT2D eigenvalue weighted by Gasteiger charge is 2.29. The zero-order valence-electron chi connectivity index (χ0n) is 13.0. The lowest BCUT2D eigenvalue weighted by Crippen LogP contribution is -2.47. The number of urea groups is 1. The molecule has 2 amide bonds. The van der Waals surface area contributed by atoms with Crippen LogP contribution in [0, 0.1) is 10.1 Å². The first kappa shape index (κ1) is 16.4. The third-order valence-corrected chi connectivity index (χ3v) is 4.47. The predicted molar refractivity (Wildman–Crippen MR) is 91.3 cm³/mol. The number of morpholine rings is 1. The van der Waals surface area contributed by atoms with Crippen LogP contribution in [0.5, 0.6) is 0 Å². The van der Waals surface area contributed by atoms with Gasteiger partial charge >= 0.3 is 6.03 Å². The van der Waals surface area contributed by atoms with Crippen LogP contribution in [-0.4, -0.2) is 35.0 Å². The van der Waals surface area contributed by atoms with Gasteiger partial charge in [0.05, 0.1) is 17.6 Å². The summed E-state index contributed by atoms with van der Waals surface area (Å²) in [5.74, 6) is 0. The van der Waals surface area contributed by atoms with Crippen molar-refractivity contribution in [1.82, 2.24) is 4.90 Å². The van der Waals surface area contributed by atoms with Gasteiger partial charge in [0.15, 0.2) is 0 Å². The Morgan fingerprint density at radius 1 is 1.42 bits per heavy atom. The minimum absolute atomic E-state index is 0.0562. The van der Waals surface area contributed by atoms with Gasteiger partial charge in [-0.1, -0.05) is 6.07 Å². The summed E-state index contributed by atoms with van der Waals surface area (Å²) in [7, 11) is 0. The topological polar surface area (TPSA) is 84.7 Å². The number of rotatable bonds is 3. The number of hydrogen-bond donors (Lipinski definition) is 1. The number of ether oxygens (including phenoxy) is 1. The van der Waals surface area contributed by atoms with E-state index >= 15 is 0 Å². The quantitative estimate of drug-likeness (QED) is 0.678. The third-order valence-electron chi connectivity index (χ3n) is 3.77. The first-order chi connectivity index (χ1) is 11.5. The van der Waals surface area contributed by atoms with Crippen LogP contribution in [0.4, 0.5) is 16.2 Å². The summed E-state index contributed by atoms with van der Waals surface area (Å²) in [4.78, 5) is 24.5. The minimum atomic E-state index is -0.487. The van der Waals surface area contributed by atoms with Gasteiger partial charge in [-0.05, 0) is 35.4 Å². The fourth-order valence-electron chi connectivity index (χ4n) is 2.66. The first-order valence-corrected chi connectivity index (χ1v) is 8.45. The van der Waals surface area contributed by atoms with Gasteiger partial charge in [0, 0.05) is 24.4 Å². The number of thiophene rings is 1. The molecule has 7 nitrogen and oxygen atoms in total. The van der Waals surface area contributed by atoms with E-state index in [1.165, 1.54) is 12.1 Å². The molecule has 1 fully saturated rings. The van der Waals surface area contributed by atoms with Crippen molar-refractivity contribution < 1.29 is 14.5 Å². The van der Waals surface area contributed by atoms with E-state index in [2.05, 4.69) is 5.32 Å². The molecule has 1 aliphatic rings. The molecule has 1 saturated heterocycles. The summed E-state index contributed by atoms with van der Waals surface area (Å²) in [6.45, 7) is 2.84. The monoisotopic (exact) mass is 347 g/mol. The van der Waals surface area contributed by atoms with E-state index in [1.54, 1.807) is 28.4 Å². The number of nitro groups is 1. The van der Waals surface area contributed by atoms with Gasteiger partial charge in [0.2, 0.25) is 0 Å². The number of nitro benzene ring substituents is 1. The van der Waals surface area contributed by atoms with Crippen LogP contribution in [0.2, 0.25) is 0 Å². The number of benzene rings is 1. The van der Waals surface area contributed by atoms with Crippen molar-refractivity contribution in [3.8, 4) is 0 Å². The maximum absolute atomic E-state index is 12.5. The van der Waals surface area contributed by atoms with E-state index in [1.807, 2.05) is 23.8 Å². The van der Waals surface area contributed by atoms with Crippen molar-refractivity contribution >= 4 is 28.7 Å². The second-order valence-corrected chi connectivity index (χ2v) is 6.41. The molecule has 2 aromatic rings. The van der Waals surface area contributed by atoms with Crippen molar-refractivity contribution in [2.75, 3.05) is 18.4 Å². The smallest absolute Gasteiger partial charge is 0.322 e. The van der Waals surface area contributed by atoms with Gasteiger partial charge < -0.3 is 15.0 Å². The fourth-order valence-corrected chi connectivity index (χ4v) is 3.36.